The third-order valence-corrected chi connectivity index (χ3v) is 10.5. The largest absolute Gasteiger partial charge is 0.493 e. The molecule has 1 N–H and O–H groups in total. The van der Waals surface area contributed by atoms with Crippen LogP contribution in [-0.2, 0) is 10.0 Å². The molecule has 3 heterocycles. The van der Waals surface area contributed by atoms with Crippen LogP contribution in [0.2, 0.25) is 0 Å². The van der Waals surface area contributed by atoms with Crippen LogP contribution in [-0.4, -0.2) is 65.1 Å². The highest BCUT2D eigenvalue weighted by Gasteiger charge is 2.31. The Hall–Kier alpha value is -3.84. The van der Waals surface area contributed by atoms with Gasteiger partial charge in [0.25, 0.3) is 5.56 Å². The lowest BCUT2D eigenvalue weighted by atomic mass is 9.97. The summed E-state index contributed by atoms with van der Waals surface area (Å²) in [4.78, 5) is 22.8. The maximum Gasteiger partial charge on any atom is 0.277 e. The molecule has 248 valence electrons. The highest BCUT2D eigenvalue weighted by molar-refractivity contribution is 7.89. The number of benzene rings is 2. The fourth-order valence-electron chi connectivity index (χ4n) is 6.10. The van der Waals surface area contributed by atoms with Gasteiger partial charge in [0.1, 0.15) is 23.2 Å². The quantitative estimate of drug-likeness (QED) is 0.175. The number of imidazole rings is 1. The van der Waals surface area contributed by atoms with E-state index in [0.29, 0.717) is 29.1 Å². The number of unbranched alkanes of at least 4 members (excludes halogenated alkanes) is 3. The summed E-state index contributed by atoms with van der Waals surface area (Å²) < 4.78 is 64.3. The SMILES string of the molecule is CCCCCCC(CC)c1nc(C)c2c(=O)[nH]c(-c3cc(S(=O)(=O)N4CCN(c5ccc(F)cc5F)CC4)ccc3OCC)nn12. The van der Waals surface area contributed by atoms with Crippen molar-refractivity contribution < 1.29 is 21.9 Å². The Morgan fingerprint density at radius 2 is 1.76 bits per heavy atom. The fourth-order valence-corrected chi connectivity index (χ4v) is 7.55. The van der Waals surface area contributed by atoms with Crippen LogP contribution >= 0.6 is 0 Å². The molecule has 5 rings (SSSR count). The highest BCUT2D eigenvalue weighted by atomic mass is 32.2. The number of piperazine rings is 1. The number of aromatic nitrogens is 4. The van der Waals surface area contributed by atoms with Crippen molar-refractivity contribution in [3.8, 4) is 17.1 Å². The second-order valence-corrected chi connectivity index (χ2v) is 13.6. The van der Waals surface area contributed by atoms with Crippen molar-refractivity contribution in [3.63, 3.8) is 0 Å². The van der Waals surface area contributed by atoms with Crippen LogP contribution in [0.5, 0.6) is 5.75 Å². The number of rotatable bonds is 13. The first-order valence-corrected chi connectivity index (χ1v) is 17.5. The minimum Gasteiger partial charge on any atom is -0.493 e. The molecule has 1 unspecified atom stereocenters. The van der Waals surface area contributed by atoms with Gasteiger partial charge in [0.05, 0.1) is 28.4 Å². The van der Waals surface area contributed by atoms with E-state index in [0.717, 1.165) is 44.0 Å². The molecule has 1 aliphatic heterocycles. The topological polar surface area (TPSA) is 113 Å². The summed E-state index contributed by atoms with van der Waals surface area (Å²) in [5, 5.41) is 4.82. The first-order chi connectivity index (χ1) is 22.1. The molecular weight excluding hydrogens is 614 g/mol. The number of halogens is 2. The predicted molar refractivity (Wildman–Crippen MR) is 174 cm³/mol. The smallest absolute Gasteiger partial charge is 0.277 e. The first kappa shape index (κ1) is 33.5. The van der Waals surface area contributed by atoms with E-state index in [1.54, 1.807) is 22.4 Å². The molecule has 4 aromatic rings. The van der Waals surface area contributed by atoms with Crippen LogP contribution in [0, 0.1) is 18.6 Å². The van der Waals surface area contributed by atoms with Crippen molar-refractivity contribution in [2.75, 3.05) is 37.7 Å². The molecule has 0 amide bonds. The molecule has 46 heavy (non-hydrogen) atoms. The molecule has 0 saturated carbocycles. The summed E-state index contributed by atoms with van der Waals surface area (Å²) in [5.41, 5.74) is 1.14. The molecular formula is C33H42F2N6O4S. The van der Waals surface area contributed by atoms with Crippen LogP contribution in [0.4, 0.5) is 14.5 Å². The maximum absolute atomic E-state index is 14.4. The van der Waals surface area contributed by atoms with Gasteiger partial charge in [0.2, 0.25) is 10.0 Å². The summed E-state index contributed by atoms with van der Waals surface area (Å²) in [6, 6.07) is 7.89. The van der Waals surface area contributed by atoms with Crippen molar-refractivity contribution in [1.29, 1.82) is 0 Å². The Bertz CT molecular complexity index is 1850. The molecule has 10 nitrogen and oxygen atoms in total. The van der Waals surface area contributed by atoms with E-state index < -0.39 is 21.7 Å². The Morgan fingerprint density at radius 1 is 1.00 bits per heavy atom. The zero-order chi connectivity index (χ0) is 33.0. The monoisotopic (exact) mass is 656 g/mol. The van der Waals surface area contributed by atoms with E-state index in [4.69, 9.17) is 14.8 Å². The maximum atomic E-state index is 14.4. The molecule has 0 radical (unpaired) electrons. The number of aryl methyl sites for hydroxylation is 1. The van der Waals surface area contributed by atoms with Crippen molar-refractivity contribution >= 4 is 21.2 Å². The third-order valence-electron chi connectivity index (χ3n) is 8.60. The van der Waals surface area contributed by atoms with Crippen LogP contribution in [0.25, 0.3) is 16.9 Å². The number of H-pyrrole nitrogens is 1. The number of nitrogens with one attached hydrogen (secondary N) is 1. The number of sulfonamides is 1. The predicted octanol–water partition coefficient (Wildman–Crippen LogP) is 6.04. The van der Waals surface area contributed by atoms with Gasteiger partial charge in [-0.25, -0.2) is 26.7 Å². The molecule has 0 spiro atoms. The average molecular weight is 657 g/mol. The molecule has 2 aromatic heterocycles. The summed E-state index contributed by atoms with van der Waals surface area (Å²) in [7, 11) is -3.98. The number of hydrogen-bond donors (Lipinski definition) is 1. The van der Waals surface area contributed by atoms with Crippen molar-refractivity contribution in [2.24, 2.45) is 0 Å². The molecule has 1 fully saturated rings. The van der Waals surface area contributed by atoms with Gasteiger partial charge in [-0.15, -0.1) is 5.10 Å². The van der Waals surface area contributed by atoms with E-state index in [-0.39, 0.29) is 54.1 Å². The molecule has 1 atom stereocenters. The minimum atomic E-state index is -3.98. The normalized spacial score (nSPS) is 15.0. The van der Waals surface area contributed by atoms with Crippen molar-refractivity contribution in [2.45, 2.75) is 77.0 Å². The molecule has 1 aliphatic rings. The molecule has 0 bridgehead atoms. The van der Waals surface area contributed by atoms with Crippen LogP contribution in [0.1, 0.15) is 76.7 Å². The van der Waals surface area contributed by atoms with E-state index in [9.17, 15) is 22.0 Å². The van der Waals surface area contributed by atoms with E-state index >= 15 is 0 Å². The highest BCUT2D eigenvalue weighted by Crippen LogP contribution is 2.33. The second-order valence-electron chi connectivity index (χ2n) is 11.7. The van der Waals surface area contributed by atoms with E-state index in [2.05, 4.69) is 18.8 Å². The van der Waals surface area contributed by atoms with Gasteiger partial charge in [-0.05, 0) is 57.0 Å². The minimum absolute atomic E-state index is 0.0134. The molecule has 0 aliphatic carbocycles. The van der Waals surface area contributed by atoms with Gasteiger partial charge < -0.3 is 14.6 Å². The standard InChI is InChI=1S/C33H42F2N6O4S/c1-5-8-9-10-11-23(6-2)32-36-22(4)30-33(42)37-31(38-41(30)32)26-21-25(13-15-29(26)45-7-3)46(43,44)40-18-16-39(17-19-40)28-14-12-24(34)20-27(28)35/h12-15,20-21,23H,5-11,16-19H2,1-4H3,(H,37,38,42). The lowest BCUT2D eigenvalue weighted by molar-refractivity contribution is 0.341. The van der Waals surface area contributed by atoms with E-state index in [1.165, 1.54) is 35.0 Å². The summed E-state index contributed by atoms with van der Waals surface area (Å²) >= 11 is 0. The summed E-state index contributed by atoms with van der Waals surface area (Å²) in [6.45, 7) is 8.89. The summed E-state index contributed by atoms with van der Waals surface area (Å²) in [6.07, 6.45) is 6.27. The van der Waals surface area contributed by atoms with Crippen LogP contribution in [0.15, 0.2) is 46.1 Å². The summed E-state index contributed by atoms with van der Waals surface area (Å²) in [5.74, 6) is 0.0238. The molecule has 1 saturated heterocycles. The molecule has 13 heteroatoms. The second kappa shape index (κ2) is 14.3. The third kappa shape index (κ3) is 6.80. The Labute approximate surface area is 268 Å². The van der Waals surface area contributed by atoms with Gasteiger partial charge in [0.15, 0.2) is 11.3 Å². The van der Waals surface area contributed by atoms with Gasteiger partial charge in [-0.2, -0.15) is 4.31 Å². The average Bonchev–Trinajstić information content (AvgIpc) is 3.37. The van der Waals surface area contributed by atoms with Gasteiger partial charge >= 0.3 is 0 Å². The Morgan fingerprint density at radius 3 is 2.43 bits per heavy atom. The Balaban J connectivity index is 1.48. The number of nitrogens with zero attached hydrogens (tertiary/aromatic N) is 5. The zero-order valence-corrected chi connectivity index (χ0v) is 27.7. The van der Waals surface area contributed by atoms with Gasteiger partial charge in [-0.3, -0.25) is 4.79 Å². The van der Waals surface area contributed by atoms with Crippen molar-refractivity contribution in [3.05, 3.63) is 69.9 Å². The van der Waals surface area contributed by atoms with Crippen LogP contribution in [0.3, 0.4) is 0 Å². The number of ether oxygens (including phenoxy) is 1. The van der Waals surface area contributed by atoms with Crippen molar-refractivity contribution in [1.82, 2.24) is 23.9 Å². The zero-order valence-electron chi connectivity index (χ0n) is 26.9. The number of aromatic amines is 1. The Kier molecular flexibility index (Phi) is 10.4. The van der Waals surface area contributed by atoms with Gasteiger partial charge in [-0.1, -0.05) is 39.5 Å². The number of anilines is 1. The van der Waals surface area contributed by atoms with Gasteiger partial charge in [0, 0.05) is 38.2 Å². The lowest BCUT2D eigenvalue weighted by Crippen LogP contribution is -2.48. The van der Waals surface area contributed by atoms with Crippen LogP contribution < -0.4 is 15.2 Å². The number of hydrogen-bond acceptors (Lipinski definition) is 7. The fraction of sp³-hybridized carbons (Fsp3) is 0.485. The first-order valence-electron chi connectivity index (χ1n) is 16.1. The lowest BCUT2D eigenvalue weighted by Gasteiger charge is -2.35. The molecule has 2 aromatic carbocycles. The van der Waals surface area contributed by atoms with E-state index in [1.807, 2.05) is 6.92 Å². The number of fused-ring (bicyclic) bond motifs is 1.